The summed E-state index contributed by atoms with van der Waals surface area (Å²) in [5.74, 6) is 0.432. The van der Waals surface area contributed by atoms with E-state index in [0.717, 1.165) is 25.8 Å². The van der Waals surface area contributed by atoms with Crippen LogP contribution >= 0.6 is 0 Å². The molecular weight excluding hydrogens is 198 g/mol. The maximum absolute atomic E-state index is 9.65. The summed E-state index contributed by atoms with van der Waals surface area (Å²) in [6.45, 7) is 3.08. The molecule has 0 heterocycles. The van der Waals surface area contributed by atoms with Gasteiger partial charge in [0.1, 0.15) is 0 Å². The molecule has 0 bridgehead atoms. The summed E-state index contributed by atoms with van der Waals surface area (Å²) in [5.41, 5.74) is 1.33. The van der Waals surface area contributed by atoms with Crippen LogP contribution in [-0.2, 0) is 6.54 Å². The van der Waals surface area contributed by atoms with E-state index in [0.29, 0.717) is 12.0 Å². The molecule has 0 spiro atoms. The first kappa shape index (κ1) is 11.6. The first-order chi connectivity index (χ1) is 7.75. The Hall–Kier alpha value is -0.860. The Balaban J connectivity index is 1.79. The zero-order chi connectivity index (χ0) is 11.4. The molecule has 1 fully saturated rings. The Morgan fingerprint density at radius 3 is 2.69 bits per heavy atom. The van der Waals surface area contributed by atoms with Crippen LogP contribution in [0.25, 0.3) is 0 Å². The molecule has 1 aromatic rings. The molecule has 16 heavy (non-hydrogen) atoms. The normalized spacial score (nSPS) is 30.2. The summed E-state index contributed by atoms with van der Waals surface area (Å²) < 4.78 is 0. The number of hydrogen-bond donors (Lipinski definition) is 2. The highest BCUT2D eigenvalue weighted by Crippen LogP contribution is 2.24. The predicted molar refractivity (Wildman–Crippen MR) is 66.1 cm³/mol. The number of nitrogens with one attached hydrogen (secondary N) is 1. The maximum atomic E-state index is 9.65. The van der Waals surface area contributed by atoms with Gasteiger partial charge < -0.3 is 10.4 Å². The van der Waals surface area contributed by atoms with Crippen LogP contribution in [-0.4, -0.2) is 17.3 Å². The Morgan fingerprint density at radius 2 is 2.00 bits per heavy atom. The van der Waals surface area contributed by atoms with Gasteiger partial charge in [0.2, 0.25) is 0 Å². The molecule has 2 N–H and O–H groups in total. The van der Waals surface area contributed by atoms with Crippen molar-refractivity contribution in [2.24, 2.45) is 5.92 Å². The predicted octanol–water partition coefficient (Wildman–Crippen LogP) is 2.33. The lowest BCUT2D eigenvalue weighted by Crippen LogP contribution is -2.38. The summed E-state index contributed by atoms with van der Waals surface area (Å²) in [4.78, 5) is 0. The second-order valence-electron chi connectivity index (χ2n) is 4.92. The van der Waals surface area contributed by atoms with Crippen molar-refractivity contribution in [1.82, 2.24) is 5.32 Å². The number of benzene rings is 1. The second-order valence-corrected chi connectivity index (χ2v) is 4.92. The average Bonchev–Trinajstić information content (AvgIpc) is 2.32. The highest BCUT2D eigenvalue weighted by Gasteiger charge is 2.25. The van der Waals surface area contributed by atoms with Crippen LogP contribution in [0.5, 0.6) is 0 Å². The van der Waals surface area contributed by atoms with Crippen LogP contribution in [0, 0.1) is 5.92 Å². The van der Waals surface area contributed by atoms with Crippen LogP contribution in [0.15, 0.2) is 30.3 Å². The molecule has 88 valence electrons. The van der Waals surface area contributed by atoms with Gasteiger partial charge in [0, 0.05) is 12.6 Å². The van der Waals surface area contributed by atoms with E-state index in [1.165, 1.54) is 5.56 Å². The fraction of sp³-hybridized carbons (Fsp3) is 0.571. The Morgan fingerprint density at radius 1 is 1.25 bits per heavy atom. The van der Waals surface area contributed by atoms with E-state index >= 15 is 0 Å². The van der Waals surface area contributed by atoms with Crippen LogP contribution in [0.3, 0.4) is 0 Å². The minimum atomic E-state index is -0.0882. The van der Waals surface area contributed by atoms with E-state index in [1.54, 1.807) is 0 Å². The third-order valence-electron chi connectivity index (χ3n) is 3.56. The fourth-order valence-corrected chi connectivity index (χ4v) is 2.42. The first-order valence-corrected chi connectivity index (χ1v) is 6.21. The average molecular weight is 219 g/mol. The molecule has 1 saturated carbocycles. The van der Waals surface area contributed by atoms with Crippen molar-refractivity contribution in [3.63, 3.8) is 0 Å². The maximum Gasteiger partial charge on any atom is 0.0566 e. The molecule has 3 atom stereocenters. The largest absolute Gasteiger partial charge is 0.393 e. The van der Waals surface area contributed by atoms with E-state index in [1.807, 2.05) is 6.07 Å². The van der Waals surface area contributed by atoms with Gasteiger partial charge in [-0.1, -0.05) is 37.3 Å². The zero-order valence-corrected chi connectivity index (χ0v) is 9.89. The number of rotatable bonds is 3. The van der Waals surface area contributed by atoms with Crippen LogP contribution < -0.4 is 5.32 Å². The van der Waals surface area contributed by atoms with E-state index in [4.69, 9.17) is 0 Å². The number of aliphatic hydroxyl groups excluding tert-OH is 1. The van der Waals surface area contributed by atoms with Crippen molar-refractivity contribution >= 4 is 0 Å². The summed E-state index contributed by atoms with van der Waals surface area (Å²) in [6.07, 6.45) is 3.04. The summed E-state index contributed by atoms with van der Waals surface area (Å²) in [7, 11) is 0. The SMILES string of the molecule is C[C@@H]1C[C@H](NCc2ccccc2)CC[C@@H]1O. The minimum absolute atomic E-state index is 0.0882. The van der Waals surface area contributed by atoms with E-state index < -0.39 is 0 Å². The van der Waals surface area contributed by atoms with Crippen molar-refractivity contribution in [3.8, 4) is 0 Å². The molecule has 1 aromatic carbocycles. The van der Waals surface area contributed by atoms with Crippen molar-refractivity contribution in [3.05, 3.63) is 35.9 Å². The number of aliphatic hydroxyl groups is 1. The molecular formula is C14H21NO. The van der Waals surface area contributed by atoms with Gasteiger partial charge in [0.05, 0.1) is 6.10 Å². The minimum Gasteiger partial charge on any atom is -0.393 e. The van der Waals surface area contributed by atoms with Gasteiger partial charge in [-0.15, -0.1) is 0 Å². The highest BCUT2D eigenvalue weighted by molar-refractivity contribution is 5.14. The Kier molecular flexibility index (Phi) is 3.97. The van der Waals surface area contributed by atoms with E-state index in [2.05, 4.69) is 36.5 Å². The first-order valence-electron chi connectivity index (χ1n) is 6.21. The monoisotopic (exact) mass is 219 g/mol. The second kappa shape index (κ2) is 5.46. The van der Waals surface area contributed by atoms with Crippen molar-refractivity contribution < 1.29 is 5.11 Å². The quantitative estimate of drug-likeness (QED) is 0.817. The lowest BCUT2D eigenvalue weighted by atomic mass is 9.84. The summed E-state index contributed by atoms with van der Waals surface area (Å²) in [5, 5.41) is 13.2. The van der Waals surface area contributed by atoms with Crippen molar-refractivity contribution in [2.75, 3.05) is 0 Å². The number of hydrogen-bond acceptors (Lipinski definition) is 2. The fourth-order valence-electron chi connectivity index (χ4n) is 2.42. The van der Waals surface area contributed by atoms with Crippen LogP contribution in [0.1, 0.15) is 31.7 Å². The lowest BCUT2D eigenvalue weighted by molar-refractivity contribution is 0.0657. The lowest BCUT2D eigenvalue weighted by Gasteiger charge is -2.31. The van der Waals surface area contributed by atoms with Gasteiger partial charge in [-0.05, 0) is 30.7 Å². The third kappa shape index (κ3) is 3.06. The van der Waals surface area contributed by atoms with Crippen LogP contribution in [0.4, 0.5) is 0 Å². The molecule has 0 saturated heterocycles. The van der Waals surface area contributed by atoms with Gasteiger partial charge >= 0.3 is 0 Å². The molecule has 2 rings (SSSR count). The summed E-state index contributed by atoms with van der Waals surface area (Å²) in [6, 6.07) is 11.1. The third-order valence-corrected chi connectivity index (χ3v) is 3.56. The molecule has 2 heteroatoms. The summed E-state index contributed by atoms with van der Waals surface area (Å²) >= 11 is 0. The molecule has 1 aliphatic carbocycles. The standard InChI is InChI=1S/C14H21NO/c1-11-9-13(7-8-14(11)16)15-10-12-5-3-2-4-6-12/h2-6,11,13-16H,7-10H2,1H3/t11-,13-,14+/m1/s1. The van der Waals surface area contributed by atoms with Crippen molar-refractivity contribution in [2.45, 2.75) is 44.9 Å². The molecule has 0 amide bonds. The van der Waals surface area contributed by atoms with Gasteiger partial charge in [-0.3, -0.25) is 0 Å². The highest BCUT2D eigenvalue weighted by atomic mass is 16.3. The molecule has 2 nitrogen and oxygen atoms in total. The molecule has 0 aliphatic heterocycles. The molecule has 0 radical (unpaired) electrons. The smallest absolute Gasteiger partial charge is 0.0566 e. The van der Waals surface area contributed by atoms with Crippen molar-refractivity contribution in [1.29, 1.82) is 0 Å². The van der Waals surface area contributed by atoms with Gasteiger partial charge in [-0.2, -0.15) is 0 Å². The van der Waals surface area contributed by atoms with E-state index in [-0.39, 0.29) is 6.10 Å². The van der Waals surface area contributed by atoms with Gasteiger partial charge in [-0.25, -0.2) is 0 Å². The van der Waals surface area contributed by atoms with Gasteiger partial charge in [0.15, 0.2) is 0 Å². The Bertz CT molecular complexity index is 312. The zero-order valence-electron chi connectivity index (χ0n) is 9.89. The van der Waals surface area contributed by atoms with E-state index in [9.17, 15) is 5.11 Å². The topological polar surface area (TPSA) is 32.3 Å². The molecule has 1 aliphatic rings. The molecule has 0 aromatic heterocycles. The molecule has 0 unspecified atom stereocenters. The van der Waals surface area contributed by atoms with Crippen LogP contribution in [0.2, 0.25) is 0 Å². The Labute approximate surface area is 97.7 Å². The van der Waals surface area contributed by atoms with Gasteiger partial charge in [0.25, 0.3) is 0 Å².